The lowest BCUT2D eigenvalue weighted by atomic mass is 10.1. The number of nitrogens with two attached hydrogens (primary N) is 1. The first kappa shape index (κ1) is 25.3. The Labute approximate surface area is 173 Å². The fourth-order valence-electron chi connectivity index (χ4n) is 2.37. The van der Waals surface area contributed by atoms with Crippen molar-refractivity contribution in [1.82, 2.24) is 5.32 Å². The second kappa shape index (κ2) is 14.3. The van der Waals surface area contributed by atoms with Crippen molar-refractivity contribution in [3.63, 3.8) is 0 Å². The summed E-state index contributed by atoms with van der Waals surface area (Å²) in [7, 11) is 0. The van der Waals surface area contributed by atoms with Crippen LogP contribution in [0.4, 0.5) is 5.69 Å². The number of benzene rings is 2. The predicted molar refractivity (Wildman–Crippen MR) is 123 cm³/mol. The second-order valence-corrected chi connectivity index (χ2v) is 6.03. The minimum absolute atomic E-state index is 0.764. The minimum Gasteiger partial charge on any atom is -0.399 e. The average molecular weight is 392 g/mol. The Hall–Kier alpha value is -3.73. The molecule has 0 radical (unpaired) electrons. The van der Waals surface area contributed by atoms with Crippen molar-refractivity contribution in [2.75, 3.05) is 5.73 Å². The molecule has 3 rings (SSSR count). The molecule has 29 heavy (non-hydrogen) atoms. The molecule has 0 saturated heterocycles. The van der Waals surface area contributed by atoms with Crippen LogP contribution in [-0.4, -0.2) is 19.4 Å². The molecule has 0 atom stereocenters. The van der Waals surface area contributed by atoms with Gasteiger partial charge in [-0.15, -0.1) is 0 Å². The number of aryl methyl sites for hydroxylation is 1. The molecule has 1 aliphatic heterocycles. The van der Waals surface area contributed by atoms with Gasteiger partial charge in [0.05, 0.1) is 0 Å². The third-order valence-electron chi connectivity index (χ3n) is 3.72. The van der Waals surface area contributed by atoms with Crippen molar-refractivity contribution in [1.29, 1.82) is 0 Å². The van der Waals surface area contributed by atoms with Crippen LogP contribution < -0.4 is 11.1 Å². The van der Waals surface area contributed by atoms with E-state index >= 15 is 0 Å². The number of hydrogen-bond donors (Lipinski definition) is 2. The number of rotatable bonds is 2. The molecule has 0 aliphatic carbocycles. The summed E-state index contributed by atoms with van der Waals surface area (Å²) in [5, 5.41) is 3.30. The molecule has 1 aliphatic rings. The molecule has 0 fully saturated rings. The number of hydrogen-bond acceptors (Lipinski definition) is 4. The topological polar surface area (TPSA) is 84.5 Å². The van der Waals surface area contributed by atoms with E-state index < -0.39 is 0 Å². The van der Waals surface area contributed by atoms with Crippen LogP contribution in [0.3, 0.4) is 0 Å². The highest BCUT2D eigenvalue weighted by Gasteiger charge is 2.17. The smallest absolute Gasteiger partial charge is 0.137 e. The van der Waals surface area contributed by atoms with Crippen LogP contribution >= 0.6 is 0 Å². The molecule has 2 aromatic carbocycles. The first-order valence-electron chi connectivity index (χ1n) is 8.82. The Morgan fingerprint density at radius 2 is 1.52 bits per heavy atom. The number of carbonyl (C=O) groups excluding carboxylic acids is 2. The Morgan fingerprint density at radius 3 is 1.93 bits per heavy atom. The SMILES string of the molecule is C=CN=C1NC(c2ccc(N)cc2)=CC1=C(C)C.C=O.C=O.Cc1ccccc1. The molecular formula is C24H29N3O2. The number of amidine groups is 1. The van der Waals surface area contributed by atoms with Gasteiger partial charge in [0, 0.05) is 23.2 Å². The summed E-state index contributed by atoms with van der Waals surface area (Å²) >= 11 is 0. The number of aliphatic imine (C=N–C) groups is 1. The van der Waals surface area contributed by atoms with Crippen molar-refractivity contribution in [2.24, 2.45) is 4.99 Å². The van der Waals surface area contributed by atoms with Crippen molar-refractivity contribution >= 4 is 30.8 Å². The Balaban J connectivity index is 0.000000593. The van der Waals surface area contributed by atoms with Gasteiger partial charge in [0.15, 0.2) is 0 Å². The number of nitrogens with zero attached hydrogens (tertiary/aromatic N) is 1. The molecule has 0 aromatic heterocycles. The third kappa shape index (κ3) is 8.67. The zero-order valence-corrected chi connectivity index (χ0v) is 17.3. The van der Waals surface area contributed by atoms with E-state index in [2.05, 4.69) is 55.9 Å². The summed E-state index contributed by atoms with van der Waals surface area (Å²) in [6.07, 6.45) is 3.65. The van der Waals surface area contributed by atoms with Gasteiger partial charge in [-0.2, -0.15) is 0 Å². The Kier molecular flexibility index (Phi) is 12.5. The molecule has 3 N–H and O–H groups in total. The highest BCUT2D eigenvalue weighted by atomic mass is 16.1. The fourth-order valence-corrected chi connectivity index (χ4v) is 2.37. The zero-order chi connectivity index (χ0) is 22.2. The van der Waals surface area contributed by atoms with Gasteiger partial charge < -0.3 is 20.6 Å². The Bertz CT molecular complexity index is 845. The van der Waals surface area contributed by atoms with E-state index in [1.54, 1.807) is 6.20 Å². The van der Waals surface area contributed by atoms with Gasteiger partial charge in [-0.25, -0.2) is 4.99 Å². The van der Waals surface area contributed by atoms with Crippen LogP contribution in [0.5, 0.6) is 0 Å². The first-order chi connectivity index (χ1) is 14.0. The second-order valence-electron chi connectivity index (χ2n) is 6.03. The van der Waals surface area contributed by atoms with E-state index in [0.29, 0.717) is 0 Å². The van der Waals surface area contributed by atoms with Crippen molar-refractivity contribution in [2.45, 2.75) is 20.8 Å². The van der Waals surface area contributed by atoms with E-state index in [1.807, 2.05) is 56.0 Å². The number of nitrogens with one attached hydrogen (secondary N) is 1. The molecule has 0 bridgehead atoms. The van der Waals surface area contributed by atoms with Crippen LogP contribution in [0.1, 0.15) is 25.0 Å². The molecule has 0 spiro atoms. The molecule has 152 valence electrons. The molecular weight excluding hydrogens is 362 g/mol. The molecule has 0 amide bonds. The van der Waals surface area contributed by atoms with Gasteiger partial charge in [-0.3, -0.25) is 0 Å². The lowest BCUT2D eigenvalue weighted by Gasteiger charge is -2.05. The van der Waals surface area contributed by atoms with Crippen LogP contribution in [0.2, 0.25) is 0 Å². The van der Waals surface area contributed by atoms with E-state index in [9.17, 15) is 0 Å². The molecule has 5 nitrogen and oxygen atoms in total. The minimum atomic E-state index is 0.764. The van der Waals surface area contributed by atoms with Crippen LogP contribution in [0.25, 0.3) is 5.70 Å². The maximum absolute atomic E-state index is 8.00. The van der Waals surface area contributed by atoms with E-state index in [0.717, 1.165) is 28.4 Å². The van der Waals surface area contributed by atoms with Crippen molar-refractivity contribution < 1.29 is 9.59 Å². The summed E-state index contributed by atoms with van der Waals surface area (Å²) in [5.74, 6) is 0.844. The normalized spacial score (nSPS) is 12.6. The van der Waals surface area contributed by atoms with Crippen molar-refractivity contribution in [3.05, 3.63) is 95.7 Å². The van der Waals surface area contributed by atoms with Crippen LogP contribution in [0.15, 0.2) is 89.6 Å². The third-order valence-corrected chi connectivity index (χ3v) is 3.72. The lowest BCUT2D eigenvalue weighted by Crippen LogP contribution is -2.16. The van der Waals surface area contributed by atoms with E-state index in [4.69, 9.17) is 15.3 Å². The summed E-state index contributed by atoms with van der Waals surface area (Å²) in [5.41, 5.74) is 12.2. The maximum Gasteiger partial charge on any atom is 0.137 e. The monoisotopic (exact) mass is 391 g/mol. The number of carbonyl (C=O) groups is 2. The standard InChI is InChI=1S/C15H17N3.C7H8.2CH2O/c1-4-17-15-13(10(2)3)9-14(18-15)11-5-7-12(16)8-6-11;1-7-5-3-2-4-6-7;2*1-2/h4-9H,1,16H2,2-3H3,(H,17,18);2-6H,1H3;2*1H2. The average Bonchev–Trinajstić information content (AvgIpc) is 3.17. The van der Waals surface area contributed by atoms with Gasteiger partial charge in [-0.1, -0.05) is 60.2 Å². The van der Waals surface area contributed by atoms with Gasteiger partial charge in [-0.05, 0) is 44.5 Å². The van der Waals surface area contributed by atoms with Gasteiger partial charge in [0.2, 0.25) is 0 Å². The summed E-state index contributed by atoms with van der Waals surface area (Å²) in [6, 6.07) is 18.0. The molecule has 5 heteroatoms. The predicted octanol–water partition coefficient (Wildman–Crippen LogP) is 4.72. The van der Waals surface area contributed by atoms with Crippen molar-refractivity contribution in [3.8, 4) is 0 Å². The fraction of sp³-hybridized carbons (Fsp3) is 0.125. The van der Waals surface area contributed by atoms with Gasteiger partial charge in [0.25, 0.3) is 0 Å². The summed E-state index contributed by atoms with van der Waals surface area (Å²) < 4.78 is 0. The number of anilines is 1. The highest BCUT2D eigenvalue weighted by molar-refractivity contribution is 6.11. The van der Waals surface area contributed by atoms with Gasteiger partial charge in [0.1, 0.15) is 19.4 Å². The summed E-state index contributed by atoms with van der Waals surface area (Å²) in [6.45, 7) is 13.9. The summed E-state index contributed by atoms with van der Waals surface area (Å²) in [4.78, 5) is 20.3. The molecule has 0 unspecified atom stereocenters. The zero-order valence-electron chi connectivity index (χ0n) is 17.3. The highest BCUT2D eigenvalue weighted by Crippen LogP contribution is 2.24. The number of allylic oxidation sites excluding steroid dienone is 1. The van der Waals surface area contributed by atoms with Crippen LogP contribution in [-0.2, 0) is 9.59 Å². The van der Waals surface area contributed by atoms with E-state index in [1.165, 1.54) is 11.1 Å². The maximum atomic E-state index is 8.00. The number of nitrogen functional groups attached to an aromatic ring is 1. The molecule has 0 saturated carbocycles. The van der Waals surface area contributed by atoms with Gasteiger partial charge >= 0.3 is 0 Å². The molecule has 1 heterocycles. The first-order valence-corrected chi connectivity index (χ1v) is 8.82. The van der Waals surface area contributed by atoms with E-state index in [-0.39, 0.29) is 0 Å². The molecule has 2 aromatic rings. The largest absolute Gasteiger partial charge is 0.399 e. The lowest BCUT2D eigenvalue weighted by molar-refractivity contribution is -0.0987. The Morgan fingerprint density at radius 1 is 0.966 bits per heavy atom. The van der Waals surface area contributed by atoms with Crippen LogP contribution in [0, 0.1) is 6.92 Å². The quantitative estimate of drug-likeness (QED) is 0.726.